The van der Waals surface area contributed by atoms with Gasteiger partial charge >= 0.3 is 0 Å². The molecule has 490 valence electrons. The number of aryl methyl sites for hydroxylation is 5. The van der Waals surface area contributed by atoms with E-state index >= 15 is 0 Å². The number of furan rings is 2. The summed E-state index contributed by atoms with van der Waals surface area (Å²) in [5, 5.41) is 55.3. The van der Waals surface area contributed by atoms with Crippen LogP contribution in [-0.2, 0) is 4.79 Å². The van der Waals surface area contributed by atoms with Gasteiger partial charge in [-0.25, -0.2) is 21.5 Å². The molecule has 25 nitrogen and oxygen atoms in total. The number of hydrogen-bond donors (Lipinski definition) is 4. The number of aromatic nitrogens is 10. The quantitative estimate of drug-likeness (QED) is 0.0682. The predicted molar refractivity (Wildman–Crippen MR) is 360 cm³/mol. The van der Waals surface area contributed by atoms with Gasteiger partial charge in [0.05, 0.1) is 65.2 Å². The molecule has 2 amide bonds. The number of nitriles is 2. The number of halogens is 1. The van der Waals surface area contributed by atoms with Crippen molar-refractivity contribution in [2.75, 3.05) is 70.2 Å². The van der Waals surface area contributed by atoms with Gasteiger partial charge in [0.15, 0.2) is 5.78 Å². The molecule has 0 unspecified atom stereocenters. The third kappa shape index (κ3) is 22.8. The summed E-state index contributed by atoms with van der Waals surface area (Å²) in [6.07, 6.45) is 15.0. The van der Waals surface area contributed by atoms with Crippen molar-refractivity contribution < 1.29 is 33.4 Å². The molecular weight excluding hydrogens is 1200 g/mol. The first-order chi connectivity index (χ1) is 41.4. The topological polar surface area (TPSA) is 331 Å². The standard InChI is InChI=1S/C23H25N7O2.C16H21N5O.C7H5ClN2S.C6H6N2O.C3H2N2.C3H6O2.CH4O.5CH4/c1-15-4-5-20(30-25-7-8-26-30)18(12-15)22(31)29-11-10-28(9-6-17(29)3)23-24-13-19-16(2)14-32-21(19)27-23;1-12-3-4-15(21-18-7-8-19-21)14(11-12)16(22)20-10-9-17-6-5-13(20)2;1-4-3-11-6-5(4)2-9-7(8)10-6;1-4-3-9-6(8)5(4)2-7;1-5-3-2-4;1-3(5)2-4;1-2;;;;;/h4-5,7-8,12-14,17H,6,9-11H2,1-3H3;3-4,7-8,11,13,17H,5-6,9-10H2,1-2H3;2-3H,1H3;3H,8H2,1H3;3H2;4H,2H2,1H3;2H,1H3;5*1H4/t17-;13-;;;;;;;;;;/m11........../s1. The lowest BCUT2D eigenvalue weighted by atomic mass is 10.1. The Kier molecular flexibility index (Phi) is 36.7. The number of nitrogen functional groups attached to an aromatic ring is 1. The Hall–Kier alpha value is -9.49. The molecule has 2 aliphatic heterocycles. The lowest BCUT2D eigenvalue weighted by molar-refractivity contribution is -0.119. The molecule has 2 aromatic carbocycles. The summed E-state index contributed by atoms with van der Waals surface area (Å²) in [4.78, 5) is 66.1. The molecule has 5 N–H and O–H groups in total. The maximum absolute atomic E-state index is 13.6. The number of anilines is 2. The molecule has 27 heteroatoms. The van der Waals surface area contributed by atoms with E-state index in [1.807, 2.05) is 86.2 Å². The normalized spacial score (nSPS) is 13.5. The highest BCUT2D eigenvalue weighted by atomic mass is 35.5. The summed E-state index contributed by atoms with van der Waals surface area (Å²) >= 11 is 7.20. The van der Waals surface area contributed by atoms with E-state index in [9.17, 15) is 14.4 Å². The average molecular weight is 1290 g/mol. The van der Waals surface area contributed by atoms with Gasteiger partial charge in [0, 0.05) is 75.3 Å². The van der Waals surface area contributed by atoms with Gasteiger partial charge in [-0.05, 0) is 127 Å². The number of aliphatic hydroxyl groups excluding tert-OH is 2. The molecule has 2 aliphatic rings. The van der Waals surface area contributed by atoms with Crippen molar-refractivity contribution in [2.24, 2.45) is 0 Å². The monoisotopic (exact) mass is 1290 g/mol. The number of nitrogens with two attached hydrogens (primary N) is 1. The maximum atomic E-state index is 13.6. The Morgan fingerprint density at radius 1 is 0.747 bits per heavy atom. The van der Waals surface area contributed by atoms with Crippen molar-refractivity contribution in [3.05, 3.63) is 153 Å². The van der Waals surface area contributed by atoms with Gasteiger partial charge in [-0.1, -0.05) is 60.4 Å². The van der Waals surface area contributed by atoms with Crippen LogP contribution in [0.25, 0.3) is 37.5 Å². The Labute approximate surface area is 543 Å². The van der Waals surface area contributed by atoms with Gasteiger partial charge < -0.3 is 49.6 Å². The van der Waals surface area contributed by atoms with Crippen LogP contribution in [0.3, 0.4) is 0 Å². The van der Waals surface area contributed by atoms with Gasteiger partial charge in [0.1, 0.15) is 29.1 Å². The minimum atomic E-state index is -0.333. The number of Topliss-reactive ketones (excluding diaryl/α,β-unsaturated/α-hetero) is 1. The van der Waals surface area contributed by atoms with Crippen LogP contribution in [0.4, 0.5) is 11.8 Å². The number of thiophene rings is 1. The number of carbonyl (C=O) groups is 3. The van der Waals surface area contributed by atoms with Gasteiger partial charge in [0.2, 0.25) is 22.8 Å². The van der Waals surface area contributed by atoms with E-state index < -0.39 is 0 Å². The molecule has 7 aromatic heterocycles. The fourth-order valence-electron chi connectivity index (χ4n) is 8.49. The number of nitrogens with one attached hydrogen (secondary N) is 1. The molecule has 2 fully saturated rings. The molecule has 9 aromatic rings. The Balaban J connectivity index is 0.00000119. The lowest BCUT2D eigenvalue weighted by Gasteiger charge is -2.27. The first-order valence-electron chi connectivity index (χ1n) is 27.0. The largest absolute Gasteiger partial charge is 0.447 e. The fraction of sp³-hybridized carbons (Fsp3) is 0.406. The average Bonchev–Trinajstić information content (AvgIpc) is 2.74. The predicted octanol–water partition coefficient (Wildman–Crippen LogP) is 11.0. The van der Waals surface area contributed by atoms with E-state index in [2.05, 4.69) is 74.6 Å². The second-order valence-corrected chi connectivity index (χ2v) is 20.6. The van der Waals surface area contributed by atoms with Crippen LogP contribution >= 0.6 is 22.9 Å². The first kappa shape index (κ1) is 81.5. The molecule has 11 rings (SSSR count). The third-order valence-electron chi connectivity index (χ3n) is 13.1. The van der Waals surface area contributed by atoms with E-state index in [1.54, 1.807) is 61.6 Å². The van der Waals surface area contributed by atoms with Crippen LogP contribution in [-0.4, -0.2) is 159 Å². The minimum absolute atomic E-state index is 0. The number of carbonyl (C=O) groups excluding carboxylic acids is 3. The molecule has 91 heavy (non-hydrogen) atoms. The summed E-state index contributed by atoms with van der Waals surface area (Å²) in [5.41, 5.74) is 14.1. The number of aliphatic hydroxyl groups is 2. The van der Waals surface area contributed by atoms with Crippen LogP contribution in [0.15, 0.2) is 100 Å². The zero-order valence-corrected chi connectivity index (χ0v) is 50.9. The molecule has 2 saturated heterocycles. The molecule has 0 bridgehead atoms. The Bertz CT molecular complexity index is 3740. The number of hydrogen-bond acceptors (Lipinski definition) is 21. The number of amides is 2. The molecule has 0 spiro atoms. The molecule has 0 saturated carbocycles. The van der Waals surface area contributed by atoms with E-state index in [1.165, 1.54) is 28.3 Å². The second kappa shape index (κ2) is 40.9. The van der Waals surface area contributed by atoms with E-state index in [0.717, 1.165) is 89.7 Å². The van der Waals surface area contributed by atoms with Gasteiger partial charge in [-0.15, -0.1) is 11.3 Å². The van der Waals surface area contributed by atoms with Gasteiger partial charge in [0.25, 0.3) is 18.4 Å². The summed E-state index contributed by atoms with van der Waals surface area (Å²) in [7, 11) is 1.00. The zero-order chi connectivity index (χ0) is 62.9. The highest BCUT2D eigenvalue weighted by Crippen LogP contribution is 2.26. The van der Waals surface area contributed by atoms with Crippen LogP contribution in [0.5, 0.6) is 0 Å². The smallest absolute Gasteiger partial charge is 0.298 e. The number of nitrogens with zero attached hydrogens (tertiary/aromatic N) is 16. The van der Waals surface area contributed by atoms with Crippen molar-refractivity contribution in [3.63, 3.8) is 0 Å². The number of fused-ring (bicyclic) bond motifs is 2. The van der Waals surface area contributed by atoms with Gasteiger partial charge in [-0.2, -0.15) is 45.5 Å². The van der Waals surface area contributed by atoms with Crippen LogP contribution < -0.4 is 16.0 Å². The van der Waals surface area contributed by atoms with Crippen molar-refractivity contribution in [3.8, 4) is 23.5 Å². The third-order valence-corrected chi connectivity index (χ3v) is 14.3. The summed E-state index contributed by atoms with van der Waals surface area (Å²) in [6.45, 7) is 25.4. The lowest BCUT2D eigenvalue weighted by Crippen LogP contribution is -2.40. The number of benzene rings is 2. The van der Waals surface area contributed by atoms with Crippen LogP contribution in [0, 0.1) is 63.9 Å². The molecule has 0 aliphatic carbocycles. The maximum Gasteiger partial charge on any atom is 0.298 e. The zero-order valence-electron chi connectivity index (χ0n) is 49.3. The second-order valence-electron chi connectivity index (χ2n) is 19.4. The van der Waals surface area contributed by atoms with E-state index in [0.29, 0.717) is 52.4 Å². The Morgan fingerprint density at radius 2 is 1.27 bits per heavy atom. The van der Waals surface area contributed by atoms with Gasteiger partial charge in [-0.3, -0.25) is 14.4 Å². The number of ketones is 1. The van der Waals surface area contributed by atoms with Crippen LogP contribution in [0.1, 0.15) is 125 Å². The summed E-state index contributed by atoms with van der Waals surface area (Å²) in [6, 6.07) is 15.5. The Morgan fingerprint density at radius 3 is 1.76 bits per heavy atom. The summed E-state index contributed by atoms with van der Waals surface area (Å²) in [5.74, 6) is 0.672. The van der Waals surface area contributed by atoms with Crippen molar-refractivity contribution in [1.82, 2.24) is 65.0 Å². The minimum Gasteiger partial charge on any atom is -0.447 e. The van der Waals surface area contributed by atoms with E-state index in [4.69, 9.17) is 53.5 Å². The molecule has 2 atom stereocenters. The van der Waals surface area contributed by atoms with Crippen molar-refractivity contribution >= 4 is 73.7 Å². The first-order valence-corrected chi connectivity index (χ1v) is 28.2. The van der Waals surface area contributed by atoms with Crippen molar-refractivity contribution in [2.45, 2.75) is 117 Å². The molecule has 0 radical (unpaired) electrons. The fourth-order valence-corrected chi connectivity index (χ4v) is 9.57. The van der Waals surface area contributed by atoms with Crippen molar-refractivity contribution in [1.29, 1.82) is 10.5 Å². The molecular formula is C64H89ClN18O7S. The molecule has 9 heterocycles. The highest BCUT2D eigenvalue weighted by Gasteiger charge is 2.30. The highest BCUT2D eigenvalue weighted by molar-refractivity contribution is 7.16. The SMILES string of the molecule is C.C.C.C.C.CC(=O)CO.CO.Cc1ccc(-n2nccn2)c(C(=O)N2CCN(c3ncc4c(C)coc4n3)CC[C@H]2C)c1.Cc1ccc(-n2nccn2)c(C(=O)N2CCNCC[C@H]2C)c1.Cc1coc(N)c1C#N.Cc1csc2nc(Cl)ncc12.[C-]#[N+]CC#N. The summed E-state index contributed by atoms with van der Waals surface area (Å²) < 4.78 is 10.3. The number of rotatable bonds is 6. The van der Waals surface area contributed by atoms with E-state index in [-0.39, 0.29) is 85.9 Å². The van der Waals surface area contributed by atoms with Crippen LogP contribution in [0.2, 0.25) is 5.28 Å².